The number of carbonyl (C=O) groups is 1. The zero-order valence-corrected chi connectivity index (χ0v) is 15.4. The lowest BCUT2D eigenvalue weighted by atomic mass is 9.94. The Labute approximate surface area is 158 Å². The summed E-state index contributed by atoms with van der Waals surface area (Å²) in [6, 6.07) is 12.0. The number of benzene rings is 1. The molecule has 1 N–H and O–H groups in total. The molecule has 0 aliphatic carbocycles. The Morgan fingerprint density at radius 1 is 1.26 bits per heavy atom. The highest BCUT2D eigenvalue weighted by molar-refractivity contribution is 5.92. The van der Waals surface area contributed by atoms with Crippen molar-refractivity contribution >= 4 is 22.5 Å². The van der Waals surface area contributed by atoms with Gasteiger partial charge in [0.2, 0.25) is 5.91 Å². The predicted octanol–water partition coefficient (Wildman–Crippen LogP) is 3.36. The second kappa shape index (κ2) is 7.80. The van der Waals surface area contributed by atoms with Crippen LogP contribution >= 0.6 is 0 Å². The number of aromatic nitrogens is 3. The van der Waals surface area contributed by atoms with Crippen LogP contribution in [0.15, 0.2) is 48.9 Å². The number of nitrogens with zero attached hydrogens (tertiary/aromatic N) is 4. The molecule has 1 aliphatic heterocycles. The van der Waals surface area contributed by atoms with Gasteiger partial charge >= 0.3 is 0 Å². The van der Waals surface area contributed by atoms with E-state index in [9.17, 15) is 4.79 Å². The van der Waals surface area contributed by atoms with Gasteiger partial charge in [-0.3, -0.25) is 14.7 Å². The van der Waals surface area contributed by atoms with Crippen molar-refractivity contribution in [1.82, 2.24) is 19.9 Å². The summed E-state index contributed by atoms with van der Waals surface area (Å²) in [5.74, 6) is 0.393. The SMILES string of the molecule is CC(=O)Nc1ccc2nc(CN3CCC[C@@H](c4ccncn4)C3)ccc2c1. The van der Waals surface area contributed by atoms with Crippen molar-refractivity contribution in [2.45, 2.75) is 32.2 Å². The molecule has 3 aromatic rings. The lowest BCUT2D eigenvalue weighted by molar-refractivity contribution is -0.114. The Balaban J connectivity index is 1.47. The average molecular weight is 361 g/mol. The smallest absolute Gasteiger partial charge is 0.221 e. The molecule has 2 aromatic heterocycles. The summed E-state index contributed by atoms with van der Waals surface area (Å²) in [6.07, 6.45) is 5.79. The number of piperidine rings is 1. The fourth-order valence-corrected chi connectivity index (χ4v) is 3.75. The van der Waals surface area contributed by atoms with Crippen molar-refractivity contribution in [3.8, 4) is 0 Å². The van der Waals surface area contributed by atoms with Crippen LogP contribution in [0.5, 0.6) is 0 Å². The number of likely N-dealkylation sites (tertiary alicyclic amines) is 1. The number of anilines is 1. The second-order valence-corrected chi connectivity index (χ2v) is 7.10. The number of hydrogen-bond donors (Lipinski definition) is 1. The number of nitrogens with one attached hydrogen (secondary N) is 1. The molecule has 3 heterocycles. The quantitative estimate of drug-likeness (QED) is 0.771. The van der Waals surface area contributed by atoms with Gasteiger partial charge in [-0.25, -0.2) is 9.97 Å². The van der Waals surface area contributed by atoms with Crippen LogP contribution in [-0.2, 0) is 11.3 Å². The number of fused-ring (bicyclic) bond motifs is 1. The topological polar surface area (TPSA) is 71.0 Å². The lowest BCUT2D eigenvalue weighted by Gasteiger charge is -2.32. The van der Waals surface area contributed by atoms with Crippen molar-refractivity contribution in [2.24, 2.45) is 0 Å². The number of pyridine rings is 1. The van der Waals surface area contributed by atoms with E-state index in [4.69, 9.17) is 4.98 Å². The normalized spacial score (nSPS) is 17.7. The van der Waals surface area contributed by atoms with Gasteiger partial charge in [0.05, 0.1) is 11.2 Å². The van der Waals surface area contributed by atoms with Crippen LogP contribution in [0, 0.1) is 0 Å². The molecule has 1 amide bonds. The molecular weight excluding hydrogens is 338 g/mol. The molecule has 27 heavy (non-hydrogen) atoms. The van der Waals surface area contributed by atoms with Crippen molar-refractivity contribution < 1.29 is 4.79 Å². The first-order valence-electron chi connectivity index (χ1n) is 9.33. The number of amides is 1. The molecule has 0 spiro atoms. The average Bonchev–Trinajstić information content (AvgIpc) is 2.68. The third-order valence-electron chi connectivity index (χ3n) is 4.98. The van der Waals surface area contributed by atoms with Crippen molar-refractivity contribution in [3.05, 3.63) is 60.3 Å². The van der Waals surface area contributed by atoms with Gasteiger partial charge in [-0.05, 0) is 49.7 Å². The van der Waals surface area contributed by atoms with Gasteiger partial charge in [0.1, 0.15) is 6.33 Å². The van der Waals surface area contributed by atoms with E-state index >= 15 is 0 Å². The van der Waals surface area contributed by atoms with E-state index in [2.05, 4.69) is 32.3 Å². The Morgan fingerprint density at radius 3 is 3.00 bits per heavy atom. The first-order valence-corrected chi connectivity index (χ1v) is 9.33. The largest absolute Gasteiger partial charge is 0.326 e. The third kappa shape index (κ3) is 4.28. The number of carbonyl (C=O) groups excluding carboxylic acids is 1. The van der Waals surface area contributed by atoms with Crippen LogP contribution in [0.25, 0.3) is 10.9 Å². The summed E-state index contributed by atoms with van der Waals surface area (Å²) in [7, 11) is 0. The highest BCUT2D eigenvalue weighted by atomic mass is 16.1. The molecule has 4 rings (SSSR count). The van der Waals surface area contributed by atoms with Crippen molar-refractivity contribution in [2.75, 3.05) is 18.4 Å². The molecule has 0 unspecified atom stereocenters. The van der Waals surface area contributed by atoms with Gasteiger partial charge < -0.3 is 5.32 Å². The Morgan fingerprint density at radius 2 is 2.19 bits per heavy atom. The predicted molar refractivity (Wildman–Crippen MR) is 105 cm³/mol. The van der Waals surface area contributed by atoms with E-state index in [0.29, 0.717) is 5.92 Å². The first kappa shape index (κ1) is 17.5. The molecular formula is C21H23N5O. The summed E-state index contributed by atoms with van der Waals surface area (Å²) >= 11 is 0. The molecule has 6 heteroatoms. The van der Waals surface area contributed by atoms with Crippen LogP contribution in [0.3, 0.4) is 0 Å². The fourth-order valence-electron chi connectivity index (χ4n) is 3.75. The molecule has 0 bridgehead atoms. The van der Waals surface area contributed by atoms with Crippen LogP contribution in [0.2, 0.25) is 0 Å². The van der Waals surface area contributed by atoms with E-state index in [1.807, 2.05) is 30.5 Å². The zero-order valence-electron chi connectivity index (χ0n) is 15.4. The lowest BCUT2D eigenvalue weighted by Crippen LogP contribution is -2.34. The van der Waals surface area contributed by atoms with E-state index < -0.39 is 0 Å². The zero-order chi connectivity index (χ0) is 18.6. The first-order chi connectivity index (χ1) is 13.2. The Hall–Kier alpha value is -2.86. The van der Waals surface area contributed by atoms with E-state index in [-0.39, 0.29) is 5.91 Å². The van der Waals surface area contributed by atoms with Crippen LogP contribution in [-0.4, -0.2) is 38.8 Å². The minimum atomic E-state index is -0.0673. The van der Waals surface area contributed by atoms with Gasteiger partial charge in [0.25, 0.3) is 0 Å². The second-order valence-electron chi connectivity index (χ2n) is 7.10. The molecule has 1 saturated heterocycles. The summed E-state index contributed by atoms with van der Waals surface area (Å²) in [5, 5.41) is 3.84. The maximum atomic E-state index is 11.2. The standard InChI is InChI=1S/C21H23N5O/c1-15(27)24-18-6-7-21-16(11-18)4-5-19(25-21)13-26-10-2-3-17(12-26)20-8-9-22-14-23-20/h4-9,11,14,17H,2-3,10,12-13H2,1H3,(H,24,27)/t17-/m1/s1. The van der Waals surface area contributed by atoms with Crippen LogP contribution < -0.4 is 5.32 Å². The van der Waals surface area contributed by atoms with Gasteiger partial charge in [0, 0.05) is 48.9 Å². The van der Waals surface area contributed by atoms with Gasteiger partial charge in [-0.1, -0.05) is 6.07 Å². The minimum absolute atomic E-state index is 0.0673. The number of hydrogen-bond acceptors (Lipinski definition) is 5. The van der Waals surface area contributed by atoms with Crippen molar-refractivity contribution in [1.29, 1.82) is 0 Å². The highest BCUT2D eigenvalue weighted by Gasteiger charge is 2.22. The molecule has 138 valence electrons. The van der Waals surface area contributed by atoms with E-state index in [0.717, 1.165) is 47.6 Å². The van der Waals surface area contributed by atoms with E-state index in [1.54, 1.807) is 6.33 Å². The van der Waals surface area contributed by atoms with Crippen LogP contribution in [0.1, 0.15) is 37.1 Å². The summed E-state index contributed by atoms with van der Waals surface area (Å²) < 4.78 is 0. The van der Waals surface area contributed by atoms with E-state index in [1.165, 1.54) is 19.8 Å². The van der Waals surface area contributed by atoms with Gasteiger partial charge in [0.15, 0.2) is 0 Å². The monoisotopic (exact) mass is 361 g/mol. The molecule has 1 atom stereocenters. The van der Waals surface area contributed by atoms with Crippen molar-refractivity contribution in [3.63, 3.8) is 0 Å². The maximum absolute atomic E-state index is 11.2. The van der Waals surface area contributed by atoms with Crippen LogP contribution in [0.4, 0.5) is 5.69 Å². The Bertz CT molecular complexity index is 944. The molecule has 1 aromatic carbocycles. The van der Waals surface area contributed by atoms with Gasteiger partial charge in [-0.2, -0.15) is 0 Å². The molecule has 0 saturated carbocycles. The molecule has 1 fully saturated rings. The molecule has 6 nitrogen and oxygen atoms in total. The highest BCUT2D eigenvalue weighted by Crippen LogP contribution is 2.26. The summed E-state index contributed by atoms with van der Waals surface area (Å²) in [4.78, 5) is 26.9. The maximum Gasteiger partial charge on any atom is 0.221 e. The summed E-state index contributed by atoms with van der Waals surface area (Å²) in [5.41, 5.74) is 3.95. The minimum Gasteiger partial charge on any atom is -0.326 e. The fraction of sp³-hybridized carbons (Fsp3) is 0.333. The van der Waals surface area contributed by atoms with Gasteiger partial charge in [-0.15, -0.1) is 0 Å². The third-order valence-corrected chi connectivity index (χ3v) is 4.98. The molecule has 0 radical (unpaired) electrons. The number of rotatable bonds is 4. The molecule has 1 aliphatic rings. The Kier molecular flexibility index (Phi) is 5.07. The summed E-state index contributed by atoms with van der Waals surface area (Å²) in [6.45, 7) is 4.44.